The molecular weight excluding hydrogens is 278 g/mol. The summed E-state index contributed by atoms with van der Waals surface area (Å²) in [7, 11) is -0.777. The summed E-state index contributed by atoms with van der Waals surface area (Å²) in [5, 5.41) is 3.65. The van der Waals surface area contributed by atoms with Crippen molar-refractivity contribution in [3.05, 3.63) is 71.8 Å². The van der Waals surface area contributed by atoms with E-state index < -0.39 is 10.8 Å². The van der Waals surface area contributed by atoms with E-state index in [-0.39, 0.29) is 5.25 Å². The van der Waals surface area contributed by atoms with E-state index in [9.17, 15) is 4.21 Å². The summed E-state index contributed by atoms with van der Waals surface area (Å²) in [6.45, 7) is 3.65. The molecule has 2 unspecified atom stereocenters. The highest BCUT2D eigenvalue weighted by Gasteiger charge is 2.14. The minimum atomic E-state index is -0.777. The molecule has 2 aromatic rings. The molecule has 0 fully saturated rings. The second-order valence-electron chi connectivity index (χ2n) is 5.34. The molecule has 0 spiro atoms. The van der Waals surface area contributed by atoms with E-state index in [0.717, 1.165) is 13.1 Å². The number of benzene rings is 2. The lowest BCUT2D eigenvalue weighted by Crippen LogP contribution is -2.31. The van der Waals surface area contributed by atoms with Gasteiger partial charge in [-0.15, -0.1) is 0 Å². The van der Waals surface area contributed by atoms with Crippen molar-refractivity contribution in [1.29, 1.82) is 0 Å². The topological polar surface area (TPSA) is 29.1 Å². The van der Waals surface area contributed by atoms with Gasteiger partial charge in [0, 0.05) is 41.3 Å². The number of rotatable bonds is 7. The first-order valence-corrected chi connectivity index (χ1v) is 8.93. The molecule has 21 heavy (non-hydrogen) atoms. The Morgan fingerprint density at radius 3 is 1.81 bits per heavy atom. The zero-order valence-corrected chi connectivity index (χ0v) is 13.5. The number of hydrogen-bond acceptors (Lipinski definition) is 2. The van der Waals surface area contributed by atoms with Gasteiger partial charge >= 0.3 is 0 Å². The van der Waals surface area contributed by atoms with Crippen LogP contribution in [0.5, 0.6) is 0 Å². The molecule has 0 saturated carbocycles. The Bertz CT molecular complexity index is 516. The summed E-state index contributed by atoms with van der Waals surface area (Å²) in [5.74, 6) is 0.324. The number of nitrogens with one attached hydrogen (secondary N) is 1. The lowest BCUT2D eigenvalue weighted by Gasteiger charge is -2.20. The van der Waals surface area contributed by atoms with E-state index in [4.69, 9.17) is 0 Å². The van der Waals surface area contributed by atoms with E-state index in [1.165, 1.54) is 11.1 Å². The van der Waals surface area contributed by atoms with Crippen molar-refractivity contribution in [2.75, 3.05) is 19.3 Å². The van der Waals surface area contributed by atoms with Gasteiger partial charge < -0.3 is 5.32 Å². The van der Waals surface area contributed by atoms with E-state index in [1.807, 2.05) is 19.1 Å². The molecule has 2 nitrogen and oxygen atoms in total. The van der Waals surface area contributed by atoms with Gasteiger partial charge in [0.25, 0.3) is 0 Å². The van der Waals surface area contributed by atoms with Crippen LogP contribution in [-0.2, 0) is 10.8 Å². The molecule has 0 saturated heterocycles. The van der Waals surface area contributed by atoms with Gasteiger partial charge in [0.2, 0.25) is 0 Å². The third kappa shape index (κ3) is 4.80. The fraction of sp³-hybridized carbons (Fsp3) is 0.333. The first-order chi connectivity index (χ1) is 10.2. The molecule has 112 valence electrons. The zero-order chi connectivity index (χ0) is 15.1. The Morgan fingerprint density at radius 2 is 1.38 bits per heavy atom. The first-order valence-electron chi connectivity index (χ1n) is 7.31. The molecule has 2 aromatic carbocycles. The van der Waals surface area contributed by atoms with Crippen LogP contribution in [0.25, 0.3) is 0 Å². The van der Waals surface area contributed by atoms with Gasteiger partial charge in [0.05, 0.1) is 0 Å². The maximum Gasteiger partial charge on any atom is 0.0441 e. The van der Waals surface area contributed by atoms with E-state index in [0.29, 0.717) is 5.92 Å². The van der Waals surface area contributed by atoms with Gasteiger partial charge in [0.15, 0.2) is 0 Å². The van der Waals surface area contributed by atoms with Gasteiger partial charge in [-0.3, -0.25) is 4.21 Å². The van der Waals surface area contributed by atoms with Crippen molar-refractivity contribution in [1.82, 2.24) is 5.32 Å². The smallest absolute Gasteiger partial charge is 0.0441 e. The van der Waals surface area contributed by atoms with Crippen molar-refractivity contribution in [2.24, 2.45) is 0 Å². The summed E-state index contributed by atoms with van der Waals surface area (Å²) in [6, 6.07) is 21.1. The van der Waals surface area contributed by atoms with Crippen LogP contribution in [0, 0.1) is 0 Å². The Hall–Kier alpha value is -1.45. The zero-order valence-electron chi connectivity index (χ0n) is 12.7. The molecule has 0 amide bonds. The second-order valence-corrected chi connectivity index (χ2v) is 7.14. The average Bonchev–Trinajstić information content (AvgIpc) is 2.53. The van der Waals surface area contributed by atoms with E-state index in [1.54, 1.807) is 6.26 Å². The molecular formula is C18H23NOS. The van der Waals surface area contributed by atoms with E-state index in [2.05, 4.69) is 53.8 Å². The highest BCUT2D eigenvalue weighted by atomic mass is 32.2. The highest BCUT2D eigenvalue weighted by Crippen LogP contribution is 2.23. The Balaban J connectivity index is 2.09. The molecule has 0 aromatic heterocycles. The molecule has 0 radical (unpaired) electrons. The molecule has 1 N–H and O–H groups in total. The molecule has 2 atom stereocenters. The summed E-state index contributed by atoms with van der Waals surface area (Å²) in [4.78, 5) is 0. The normalized spacial score (nSPS) is 14.0. The average molecular weight is 301 g/mol. The van der Waals surface area contributed by atoms with Crippen LogP contribution < -0.4 is 5.32 Å². The molecule has 0 aliphatic rings. The van der Waals surface area contributed by atoms with Crippen LogP contribution in [0.2, 0.25) is 0 Å². The summed E-state index contributed by atoms with van der Waals surface area (Å²) in [5.41, 5.74) is 2.61. The van der Waals surface area contributed by atoms with E-state index >= 15 is 0 Å². The minimum Gasteiger partial charge on any atom is -0.315 e. The van der Waals surface area contributed by atoms with Crippen molar-refractivity contribution >= 4 is 10.8 Å². The summed E-state index contributed by atoms with van der Waals surface area (Å²) < 4.78 is 11.4. The highest BCUT2D eigenvalue weighted by molar-refractivity contribution is 7.84. The summed E-state index contributed by atoms with van der Waals surface area (Å²) >= 11 is 0. The van der Waals surface area contributed by atoms with Crippen molar-refractivity contribution < 1.29 is 4.21 Å². The Kier molecular flexibility index (Phi) is 6.15. The number of hydrogen-bond donors (Lipinski definition) is 1. The Morgan fingerprint density at radius 1 is 0.905 bits per heavy atom. The van der Waals surface area contributed by atoms with Crippen LogP contribution in [0.4, 0.5) is 0 Å². The summed E-state index contributed by atoms with van der Waals surface area (Å²) in [6.07, 6.45) is 1.76. The SMILES string of the molecule is CC(CNCC(c1ccccc1)c1ccccc1)S(C)=O. The van der Waals surface area contributed by atoms with Crippen molar-refractivity contribution in [3.63, 3.8) is 0 Å². The van der Waals surface area contributed by atoms with Gasteiger partial charge in [-0.05, 0) is 18.1 Å². The maximum absolute atomic E-state index is 11.4. The predicted molar refractivity (Wildman–Crippen MR) is 91.1 cm³/mol. The van der Waals surface area contributed by atoms with Crippen molar-refractivity contribution in [3.8, 4) is 0 Å². The predicted octanol–water partition coefficient (Wildman–Crippen LogP) is 3.18. The minimum absolute atomic E-state index is 0.178. The molecule has 2 rings (SSSR count). The molecule has 0 aliphatic heterocycles. The monoisotopic (exact) mass is 301 g/mol. The lowest BCUT2D eigenvalue weighted by atomic mass is 9.91. The van der Waals surface area contributed by atoms with Crippen molar-refractivity contribution in [2.45, 2.75) is 18.1 Å². The molecule has 0 aliphatic carbocycles. The largest absolute Gasteiger partial charge is 0.315 e. The standard InChI is InChI=1S/C18H23NOS/c1-15(21(2)20)13-19-14-18(16-9-5-3-6-10-16)17-11-7-4-8-12-17/h3-12,15,18-19H,13-14H2,1-2H3. The van der Waals surface area contributed by atoms with Crippen LogP contribution in [0.15, 0.2) is 60.7 Å². The van der Waals surface area contributed by atoms with Crippen LogP contribution >= 0.6 is 0 Å². The fourth-order valence-corrected chi connectivity index (χ4v) is 2.70. The van der Waals surface area contributed by atoms with Gasteiger partial charge in [-0.1, -0.05) is 60.7 Å². The fourth-order valence-electron chi connectivity index (χ4n) is 2.35. The second kappa shape index (κ2) is 8.11. The first kappa shape index (κ1) is 15.9. The quantitative estimate of drug-likeness (QED) is 0.851. The van der Waals surface area contributed by atoms with Gasteiger partial charge in [-0.25, -0.2) is 0 Å². The molecule has 0 bridgehead atoms. The molecule has 3 heteroatoms. The third-order valence-corrected chi connectivity index (χ3v) is 5.05. The third-order valence-electron chi connectivity index (χ3n) is 3.75. The van der Waals surface area contributed by atoms with Crippen LogP contribution in [0.1, 0.15) is 24.0 Å². The van der Waals surface area contributed by atoms with Crippen LogP contribution in [-0.4, -0.2) is 28.8 Å². The van der Waals surface area contributed by atoms with Gasteiger partial charge in [0.1, 0.15) is 0 Å². The lowest BCUT2D eigenvalue weighted by molar-refractivity contribution is 0.619. The Labute approximate surface area is 130 Å². The van der Waals surface area contributed by atoms with Crippen LogP contribution in [0.3, 0.4) is 0 Å². The van der Waals surface area contributed by atoms with Gasteiger partial charge in [-0.2, -0.15) is 0 Å². The molecule has 0 heterocycles. The maximum atomic E-state index is 11.4.